The third kappa shape index (κ3) is 5.51. The van der Waals surface area contributed by atoms with Crippen molar-refractivity contribution in [1.29, 1.82) is 0 Å². The number of benzene rings is 3. The van der Waals surface area contributed by atoms with E-state index >= 15 is 0 Å². The SMILES string of the molecule is COC(=O)C1CCC1C(=O)N[C@@H](C)[C@H](Cc1ccc(Cl)cc1)c1ccc(-c2ccccc2)cc1. The van der Waals surface area contributed by atoms with E-state index in [0.29, 0.717) is 17.9 Å². The molecule has 0 spiro atoms. The van der Waals surface area contributed by atoms with E-state index in [0.717, 1.165) is 23.1 Å². The van der Waals surface area contributed by atoms with Gasteiger partial charge in [-0.3, -0.25) is 9.59 Å². The first kappa shape index (κ1) is 24.0. The molecule has 1 fully saturated rings. The Bertz CT molecular complexity index is 1110. The third-order valence-corrected chi connectivity index (χ3v) is 7.16. The topological polar surface area (TPSA) is 55.4 Å². The first-order valence-electron chi connectivity index (χ1n) is 11.7. The molecule has 176 valence electrons. The maximum Gasteiger partial charge on any atom is 0.309 e. The first-order chi connectivity index (χ1) is 16.5. The summed E-state index contributed by atoms with van der Waals surface area (Å²) in [5, 5.41) is 3.90. The first-order valence-corrected chi connectivity index (χ1v) is 12.1. The molecular formula is C29H30ClNO3. The minimum atomic E-state index is -0.336. The lowest BCUT2D eigenvalue weighted by Crippen LogP contribution is -2.48. The Kier molecular flexibility index (Phi) is 7.69. The number of halogens is 1. The number of esters is 1. The van der Waals surface area contributed by atoms with Crippen LogP contribution in [0.15, 0.2) is 78.9 Å². The van der Waals surface area contributed by atoms with Gasteiger partial charge in [-0.1, -0.05) is 78.3 Å². The van der Waals surface area contributed by atoms with Crippen LogP contribution < -0.4 is 5.32 Å². The number of amides is 1. The summed E-state index contributed by atoms with van der Waals surface area (Å²) in [6.07, 6.45) is 2.18. The number of carbonyl (C=O) groups is 2. The molecule has 2 unspecified atom stereocenters. The van der Waals surface area contributed by atoms with Gasteiger partial charge in [0.2, 0.25) is 5.91 Å². The van der Waals surface area contributed by atoms with Crippen LogP contribution in [0.4, 0.5) is 0 Å². The highest BCUT2D eigenvalue weighted by Crippen LogP contribution is 2.36. The van der Waals surface area contributed by atoms with Crippen molar-refractivity contribution in [3.63, 3.8) is 0 Å². The van der Waals surface area contributed by atoms with Crippen molar-refractivity contribution < 1.29 is 14.3 Å². The normalized spacial score (nSPS) is 18.9. The summed E-state index contributed by atoms with van der Waals surface area (Å²) < 4.78 is 4.86. The van der Waals surface area contributed by atoms with Gasteiger partial charge in [0.25, 0.3) is 0 Å². The monoisotopic (exact) mass is 475 g/mol. The van der Waals surface area contributed by atoms with Crippen molar-refractivity contribution in [3.8, 4) is 11.1 Å². The van der Waals surface area contributed by atoms with E-state index in [4.69, 9.17) is 16.3 Å². The number of nitrogens with one attached hydrogen (secondary N) is 1. The average Bonchev–Trinajstić information content (AvgIpc) is 2.83. The number of rotatable bonds is 8. The summed E-state index contributed by atoms with van der Waals surface area (Å²) in [5.74, 6) is -0.959. The molecule has 4 rings (SSSR count). The fraction of sp³-hybridized carbons (Fsp3) is 0.310. The van der Waals surface area contributed by atoms with Gasteiger partial charge >= 0.3 is 5.97 Å². The van der Waals surface area contributed by atoms with E-state index in [2.05, 4.69) is 41.7 Å². The average molecular weight is 476 g/mol. The van der Waals surface area contributed by atoms with E-state index in [9.17, 15) is 9.59 Å². The van der Waals surface area contributed by atoms with Gasteiger partial charge in [-0.2, -0.15) is 0 Å². The predicted octanol–water partition coefficient (Wildman–Crippen LogP) is 6.04. The van der Waals surface area contributed by atoms with E-state index in [1.807, 2.05) is 49.4 Å². The molecule has 4 atom stereocenters. The second-order valence-corrected chi connectivity index (χ2v) is 9.47. The quantitative estimate of drug-likeness (QED) is 0.404. The zero-order valence-corrected chi connectivity index (χ0v) is 20.3. The van der Waals surface area contributed by atoms with Crippen molar-refractivity contribution in [2.75, 3.05) is 7.11 Å². The minimum Gasteiger partial charge on any atom is -0.469 e. The standard InChI is InChI=1S/C29H30ClNO3/c1-19(31-28(32)25-16-17-26(25)29(33)34-2)27(18-20-8-14-24(30)15-9-20)23-12-10-22(11-13-23)21-6-4-3-5-7-21/h3-15,19,25-27H,16-18H2,1-2H3,(H,31,32)/t19-,25?,26?,27-/m0/s1. The van der Waals surface area contributed by atoms with Gasteiger partial charge in [-0.25, -0.2) is 0 Å². The lowest BCUT2D eigenvalue weighted by Gasteiger charge is -2.35. The van der Waals surface area contributed by atoms with Gasteiger partial charge in [0.1, 0.15) is 0 Å². The molecule has 0 bridgehead atoms. The molecule has 3 aromatic rings. The molecular weight excluding hydrogens is 446 g/mol. The maximum absolute atomic E-state index is 13.0. The molecule has 4 nitrogen and oxygen atoms in total. The zero-order chi connectivity index (χ0) is 24.1. The van der Waals surface area contributed by atoms with E-state index < -0.39 is 0 Å². The Morgan fingerprint density at radius 3 is 2.12 bits per heavy atom. The van der Waals surface area contributed by atoms with Crippen molar-refractivity contribution in [1.82, 2.24) is 5.32 Å². The van der Waals surface area contributed by atoms with Gasteiger partial charge in [-0.15, -0.1) is 0 Å². The summed E-state index contributed by atoms with van der Waals surface area (Å²) in [5.41, 5.74) is 4.63. The van der Waals surface area contributed by atoms with Crippen molar-refractivity contribution in [2.24, 2.45) is 11.8 Å². The predicted molar refractivity (Wildman–Crippen MR) is 136 cm³/mol. The Balaban J connectivity index is 1.54. The molecule has 34 heavy (non-hydrogen) atoms. The lowest BCUT2D eigenvalue weighted by atomic mass is 9.73. The lowest BCUT2D eigenvalue weighted by molar-refractivity contribution is -0.156. The van der Waals surface area contributed by atoms with Gasteiger partial charge in [0, 0.05) is 17.0 Å². The minimum absolute atomic E-state index is 0.0617. The third-order valence-electron chi connectivity index (χ3n) is 6.90. The van der Waals surface area contributed by atoms with Crippen LogP contribution in [0, 0.1) is 11.8 Å². The Labute approximate surface area is 206 Å². The number of ether oxygens (including phenoxy) is 1. The van der Waals surface area contributed by atoms with Crippen molar-refractivity contribution in [2.45, 2.75) is 38.1 Å². The molecule has 0 heterocycles. The summed E-state index contributed by atoms with van der Waals surface area (Å²) >= 11 is 6.09. The smallest absolute Gasteiger partial charge is 0.309 e. The fourth-order valence-corrected chi connectivity index (χ4v) is 4.82. The second-order valence-electron chi connectivity index (χ2n) is 9.04. The molecule has 3 aromatic carbocycles. The number of methoxy groups -OCH3 is 1. The maximum atomic E-state index is 13.0. The Morgan fingerprint density at radius 2 is 1.53 bits per heavy atom. The van der Waals surface area contributed by atoms with Crippen molar-refractivity contribution in [3.05, 3.63) is 95.0 Å². The van der Waals surface area contributed by atoms with E-state index in [1.54, 1.807) is 0 Å². The van der Waals surface area contributed by atoms with Crippen LogP contribution in [0.25, 0.3) is 11.1 Å². The fourth-order valence-electron chi connectivity index (χ4n) is 4.69. The molecule has 0 aliphatic heterocycles. The van der Waals surface area contributed by atoms with Crippen LogP contribution in [-0.2, 0) is 20.7 Å². The van der Waals surface area contributed by atoms with Crippen LogP contribution in [0.5, 0.6) is 0 Å². The van der Waals surface area contributed by atoms with E-state index in [1.165, 1.54) is 12.7 Å². The molecule has 1 saturated carbocycles. The van der Waals surface area contributed by atoms with Gasteiger partial charge in [0.15, 0.2) is 0 Å². The van der Waals surface area contributed by atoms with Crippen molar-refractivity contribution >= 4 is 23.5 Å². The summed E-state index contributed by atoms with van der Waals surface area (Å²) in [6.45, 7) is 2.04. The number of hydrogen-bond acceptors (Lipinski definition) is 3. The summed E-state index contributed by atoms with van der Waals surface area (Å²) in [7, 11) is 1.37. The van der Waals surface area contributed by atoms with Gasteiger partial charge in [0.05, 0.1) is 18.9 Å². The summed E-state index contributed by atoms with van der Waals surface area (Å²) in [4.78, 5) is 25.0. The highest BCUT2D eigenvalue weighted by atomic mass is 35.5. The largest absolute Gasteiger partial charge is 0.469 e. The zero-order valence-electron chi connectivity index (χ0n) is 19.5. The Morgan fingerprint density at radius 1 is 0.912 bits per heavy atom. The molecule has 5 heteroatoms. The number of hydrogen-bond donors (Lipinski definition) is 1. The van der Waals surface area contributed by atoms with Crippen LogP contribution in [0.3, 0.4) is 0 Å². The molecule has 1 aliphatic rings. The van der Waals surface area contributed by atoms with Crippen LogP contribution in [0.1, 0.15) is 36.8 Å². The van der Waals surface area contributed by atoms with Crippen LogP contribution in [-0.4, -0.2) is 25.0 Å². The second kappa shape index (κ2) is 10.9. The molecule has 1 amide bonds. The van der Waals surface area contributed by atoms with Crippen LogP contribution >= 0.6 is 11.6 Å². The molecule has 0 aromatic heterocycles. The highest BCUT2D eigenvalue weighted by molar-refractivity contribution is 6.30. The van der Waals surface area contributed by atoms with Gasteiger partial charge in [-0.05, 0) is 60.6 Å². The summed E-state index contributed by atoms with van der Waals surface area (Å²) in [6, 6.07) is 26.6. The molecule has 1 N–H and O–H groups in total. The van der Waals surface area contributed by atoms with E-state index in [-0.39, 0.29) is 35.7 Å². The molecule has 1 aliphatic carbocycles. The Hall–Kier alpha value is -3.11. The highest BCUT2D eigenvalue weighted by Gasteiger charge is 2.42. The molecule has 0 radical (unpaired) electrons. The molecule has 0 saturated heterocycles. The van der Waals surface area contributed by atoms with Gasteiger partial charge < -0.3 is 10.1 Å². The number of carbonyl (C=O) groups excluding carboxylic acids is 2. The van der Waals surface area contributed by atoms with Crippen LogP contribution in [0.2, 0.25) is 5.02 Å².